The SMILES string of the molecule is NC(=O)C1C=Cc2ccccc2OC1. The molecule has 1 heterocycles. The molecule has 14 heavy (non-hydrogen) atoms. The Bertz CT molecular complexity index is 385. The van der Waals surface area contributed by atoms with Crippen LogP contribution < -0.4 is 10.5 Å². The van der Waals surface area contributed by atoms with E-state index in [1.165, 1.54) is 0 Å². The number of nitrogens with two attached hydrogens (primary N) is 1. The van der Waals surface area contributed by atoms with E-state index >= 15 is 0 Å². The van der Waals surface area contributed by atoms with Gasteiger partial charge in [-0.2, -0.15) is 0 Å². The molecule has 3 heteroatoms. The molecule has 0 aliphatic carbocycles. The van der Waals surface area contributed by atoms with E-state index in [9.17, 15) is 4.79 Å². The van der Waals surface area contributed by atoms with E-state index in [2.05, 4.69) is 0 Å². The summed E-state index contributed by atoms with van der Waals surface area (Å²) in [7, 11) is 0. The number of ether oxygens (including phenoxy) is 1. The lowest BCUT2D eigenvalue weighted by molar-refractivity contribution is -0.121. The highest BCUT2D eigenvalue weighted by atomic mass is 16.5. The van der Waals surface area contributed by atoms with Gasteiger partial charge < -0.3 is 10.5 Å². The van der Waals surface area contributed by atoms with Crippen molar-refractivity contribution in [1.82, 2.24) is 0 Å². The maximum absolute atomic E-state index is 10.9. The van der Waals surface area contributed by atoms with Gasteiger partial charge in [-0.25, -0.2) is 0 Å². The van der Waals surface area contributed by atoms with Gasteiger partial charge >= 0.3 is 0 Å². The van der Waals surface area contributed by atoms with E-state index in [0.717, 1.165) is 11.3 Å². The van der Waals surface area contributed by atoms with Crippen LogP contribution in [0, 0.1) is 5.92 Å². The van der Waals surface area contributed by atoms with E-state index in [1.54, 1.807) is 6.08 Å². The van der Waals surface area contributed by atoms with Gasteiger partial charge in [0.25, 0.3) is 0 Å². The number of carbonyl (C=O) groups excluding carboxylic acids is 1. The van der Waals surface area contributed by atoms with Gasteiger partial charge in [-0.05, 0) is 6.07 Å². The molecule has 1 aliphatic heterocycles. The Kier molecular flexibility index (Phi) is 2.23. The molecule has 3 nitrogen and oxygen atoms in total. The first-order valence-electron chi connectivity index (χ1n) is 4.47. The van der Waals surface area contributed by atoms with Gasteiger partial charge in [0.2, 0.25) is 5.91 Å². The van der Waals surface area contributed by atoms with Crippen molar-refractivity contribution in [1.29, 1.82) is 0 Å². The van der Waals surface area contributed by atoms with E-state index in [0.29, 0.717) is 6.61 Å². The standard InChI is InChI=1S/C11H11NO2/c12-11(13)9-6-5-8-3-1-2-4-10(8)14-7-9/h1-6,9H,7H2,(H2,12,13). The minimum atomic E-state index is -0.353. The van der Waals surface area contributed by atoms with Gasteiger partial charge in [0.05, 0.1) is 5.92 Å². The summed E-state index contributed by atoms with van der Waals surface area (Å²) in [6.45, 7) is 0.322. The molecule has 0 fully saturated rings. The van der Waals surface area contributed by atoms with Crippen LogP contribution in [0.15, 0.2) is 30.3 Å². The Morgan fingerprint density at radius 1 is 1.43 bits per heavy atom. The summed E-state index contributed by atoms with van der Waals surface area (Å²) < 4.78 is 5.46. The summed E-state index contributed by atoms with van der Waals surface area (Å²) in [5.74, 6) is 0.115. The number of fused-ring (bicyclic) bond motifs is 1. The zero-order chi connectivity index (χ0) is 9.97. The smallest absolute Gasteiger partial charge is 0.227 e. The van der Waals surface area contributed by atoms with E-state index < -0.39 is 0 Å². The monoisotopic (exact) mass is 189 g/mol. The van der Waals surface area contributed by atoms with Gasteiger partial charge in [0.15, 0.2) is 0 Å². The Morgan fingerprint density at radius 3 is 3.00 bits per heavy atom. The maximum Gasteiger partial charge on any atom is 0.227 e. The van der Waals surface area contributed by atoms with Crippen LogP contribution in [-0.2, 0) is 4.79 Å². The molecule has 0 aromatic heterocycles. The highest BCUT2D eigenvalue weighted by Crippen LogP contribution is 2.23. The van der Waals surface area contributed by atoms with Gasteiger partial charge in [-0.1, -0.05) is 30.4 Å². The molecule has 2 rings (SSSR count). The third kappa shape index (κ3) is 1.62. The van der Waals surface area contributed by atoms with Crippen molar-refractivity contribution in [3.05, 3.63) is 35.9 Å². The number of hydrogen-bond donors (Lipinski definition) is 1. The normalized spacial score (nSPS) is 19.3. The Balaban J connectivity index is 2.29. The van der Waals surface area contributed by atoms with Gasteiger partial charge in [0, 0.05) is 5.56 Å². The van der Waals surface area contributed by atoms with Crippen molar-refractivity contribution in [2.75, 3.05) is 6.61 Å². The first-order chi connectivity index (χ1) is 6.77. The Morgan fingerprint density at radius 2 is 2.21 bits per heavy atom. The first kappa shape index (κ1) is 8.81. The number of amides is 1. The van der Waals surface area contributed by atoms with Crippen molar-refractivity contribution in [2.45, 2.75) is 0 Å². The third-order valence-corrected chi connectivity index (χ3v) is 2.21. The molecule has 0 saturated heterocycles. The van der Waals surface area contributed by atoms with E-state index in [1.807, 2.05) is 30.3 Å². The second-order valence-electron chi connectivity index (χ2n) is 3.22. The van der Waals surface area contributed by atoms with Crippen molar-refractivity contribution < 1.29 is 9.53 Å². The fourth-order valence-corrected chi connectivity index (χ4v) is 1.38. The van der Waals surface area contributed by atoms with Crippen molar-refractivity contribution in [2.24, 2.45) is 11.7 Å². The molecule has 1 aromatic rings. The summed E-state index contributed by atoms with van der Waals surface area (Å²) in [6.07, 6.45) is 3.66. The molecule has 0 saturated carbocycles. The lowest BCUT2D eigenvalue weighted by atomic mass is 10.1. The number of primary amides is 1. The van der Waals surface area contributed by atoms with Crippen LogP contribution in [0.2, 0.25) is 0 Å². The van der Waals surface area contributed by atoms with Crippen LogP contribution in [0.5, 0.6) is 5.75 Å². The molecule has 1 unspecified atom stereocenters. The first-order valence-corrected chi connectivity index (χ1v) is 4.47. The fraction of sp³-hybridized carbons (Fsp3) is 0.182. The van der Waals surface area contributed by atoms with Crippen LogP contribution in [0.4, 0.5) is 0 Å². The second-order valence-corrected chi connectivity index (χ2v) is 3.22. The predicted molar refractivity (Wildman–Crippen MR) is 53.7 cm³/mol. The topological polar surface area (TPSA) is 52.3 Å². The predicted octanol–water partition coefficient (Wildman–Crippen LogP) is 1.19. The molecule has 2 N–H and O–H groups in total. The molecule has 0 radical (unpaired) electrons. The number of rotatable bonds is 1. The lowest BCUT2D eigenvalue weighted by Gasteiger charge is -2.08. The van der Waals surface area contributed by atoms with Crippen molar-refractivity contribution in [3.63, 3.8) is 0 Å². The number of benzene rings is 1. The number of carbonyl (C=O) groups is 1. The van der Waals surface area contributed by atoms with Crippen LogP contribution in [0.1, 0.15) is 5.56 Å². The van der Waals surface area contributed by atoms with E-state index in [-0.39, 0.29) is 11.8 Å². The Hall–Kier alpha value is -1.77. The second kappa shape index (κ2) is 3.54. The molecular weight excluding hydrogens is 178 g/mol. The minimum Gasteiger partial charge on any atom is -0.492 e. The number of para-hydroxylation sites is 1. The minimum absolute atomic E-state index is 0.322. The van der Waals surface area contributed by atoms with Crippen LogP contribution in [-0.4, -0.2) is 12.5 Å². The largest absolute Gasteiger partial charge is 0.492 e. The maximum atomic E-state index is 10.9. The van der Waals surface area contributed by atoms with Gasteiger partial charge in [0.1, 0.15) is 12.4 Å². The highest BCUT2D eigenvalue weighted by molar-refractivity contribution is 5.80. The molecular formula is C11H11NO2. The van der Waals surface area contributed by atoms with Gasteiger partial charge in [-0.15, -0.1) is 0 Å². The summed E-state index contributed by atoms with van der Waals surface area (Å²) in [6, 6.07) is 7.65. The molecule has 1 atom stereocenters. The molecule has 0 spiro atoms. The van der Waals surface area contributed by atoms with Gasteiger partial charge in [-0.3, -0.25) is 4.79 Å². The highest BCUT2D eigenvalue weighted by Gasteiger charge is 2.16. The molecule has 1 amide bonds. The molecule has 0 bridgehead atoms. The van der Waals surface area contributed by atoms with Crippen LogP contribution in [0.3, 0.4) is 0 Å². The molecule has 1 aliphatic rings. The molecule has 72 valence electrons. The summed E-state index contributed by atoms with van der Waals surface area (Å²) in [5.41, 5.74) is 6.18. The fourth-order valence-electron chi connectivity index (χ4n) is 1.38. The summed E-state index contributed by atoms with van der Waals surface area (Å²) in [5, 5.41) is 0. The average Bonchev–Trinajstić information content (AvgIpc) is 2.39. The zero-order valence-electron chi connectivity index (χ0n) is 7.64. The third-order valence-electron chi connectivity index (χ3n) is 2.21. The van der Waals surface area contributed by atoms with Crippen molar-refractivity contribution in [3.8, 4) is 5.75 Å². The zero-order valence-corrected chi connectivity index (χ0v) is 7.64. The molecule has 1 aromatic carbocycles. The average molecular weight is 189 g/mol. The van der Waals surface area contributed by atoms with Crippen LogP contribution in [0.25, 0.3) is 6.08 Å². The lowest BCUT2D eigenvalue weighted by Crippen LogP contribution is -2.26. The van der Waals surface area contributed by atoms with E-state index in [4.69, 9.17) is 10.5 Å². The van der Waals surface area contributed by atoms with Crippen molar-refractivity contribution >= 4 is 12.0 Å². The summed E-state index contributed by atoms with van der Waals surface area (Å²) >= 11 is 0. The summed E-state index contributed by atoms with van der Waals surface area (Å²) in [4.78, 5) is 10.9. The Labute approximate surface area is 82.2 Å². The number of hydrogen-bond acceptors (Lipinski definition) is 2. The van der Waals surface area contributed by atoms with Crippen LogP contribution >= 0.6 is 0 Å². The quantitative estimate of drug-likeness (QED) is 0.721.